The monoisotopic (exact) mass is 500 g/mol. The van der Waals surface area contributed by atoms with Crippen LogP contribution in [0.5, 0.6) is 0 Å². The van der Waals surface area contributed by atoms with E-state index in [-0.39, 0.29) is 28.8 Å². The second-order valence-corrected chi connectivity index (χ2v) is 9.13. The molecule has 2 aromatic carbocycles. The molecule has 6 rings (SSSR count). The van der Waals surface area contributed by atoms with Crippen molar-refractivity contribution in [2.75, 3.05) is 13.1 Å². The quantitative estimate of drug-likeness (QED) is 0.430. The summed E-state index contributed by atoms with van der Waals surface area (Å²) in [4.78, 5) is 4.43. The molecule has 3 aliphatic heterocycles. The zero-order valence-electron chi connectivity index (χ0n) is 17.8. The number of nitrogens with zero attached hydrogens (tertiary/aromatic N) is 2. The van der Waals surface area contributed by atoms with Gasteiger partial charge in [0.1, 0.15) is 30.3 Å². The second kappa shape index (κ2) is 9.00. The third kappa shape index (κ3) is 3.89. The summed E-state index contributed by atoms with van der Waals surface area (Å²) in [5.41, 5.74) is 2.08. The van der Waals surface area contributed by atoms with Gasteiger partial charge in [-0.1, -0.05) is 24.3 Å². The van der Waals surface area contributed by atoms with Gasteiger partial charge in [-0.05, 0) is 41.8 Å². The summed E-state index contributed by atoms with van der Waals surface area (Å²) in [7, 11) is 0. The van der Waals surface area contributed by atoms with Crippen LogP contribution in [-0.2, 0) is 6.54 Å². The van der Waals surface area contributed by atoms with Crippen molar-refractivity contribution in [3.8, 4) is 0 Å². The van der Waals surface area contributed by atoms with E-state index >= 15 is 0 Å². The van der Waals surface area contributed by atoms with Gasteiger partial charge in [0.15, 0.2) is 0 Å². The van der Waals surface area contributed by atoms with Crippen molar-refractivity contribution in [3.05, 3.63) is 90.1 Å². The Balaban J connectivity index is 0.00000245. The van der Waals surface area contributed by atoms with Crippen molar-refractivity contribution < 1.29 is 35.4 Å². The number of fused-ring (bicyclic) bond motifs is 4. The number of benzene rings is 2. The molecule has 4 heterocycles. The van der Waals surface area contributed by atoms with E-state index in [0.717, 1.165) is 48.5 Å². The highest BCUT2D eigenvalue weighted by atomic mass is 79.9. The molecule has 32 heavy (non-hydrogen) atoms. The summed E-state index contributed by atoms with van der Waals surface area (Å²) < 4.78 is 29.1. The molecule has 0 saturated carbocycles. The maximum absolute atomic E-state index is 14.6. The summed E-state index contributed by atoms with van der Waals surface area (Å²) in [6.45, 7) is 6.02. The number of aliphatic hydroxyl groups excluding tert-OH is 1. The molecule has 6 heteroatoms. The van der Waals surface area contributed by atoms with Crippen LogP contribution in [0.15, 0.2) is 67.4 Å². The van der Waals surface area contributed by atoms with E-state index < -0.39 is 11.9 Å². The zero-order chi connectivity index (χ0) is 21.6. The van der Waals surface area contributed by atoms with Crippen molar-refractivity contribution in [1.82, 2.24) is 4.98 Å². The van der Waals surface area contributed by atoms with Crippen LogP contribution in [0.3, 0.4) is 0 Å². The van der Waals surface area contributed by atoms with Crippen molar-refractivity contribution in [2.24, 2.45) is 11.8 Å². The molecule has 3 saturated heterocycles. The van der Waals surface area contributed by atoms with Crippen LogP contribution in [0.2, 0.25) is 0 Å². The number of aromatic nitrogens is 1. The number of halogens is 3. The van der Waals surface area contributed by atoms with Gasteiger partial charge in [0, 0.05) is 35.9 Å². The van der Waals surface area contributed by atoms with Crippen LogP contribution in [0.25, 0.3) is 10.9 Å². The van der Waals surface area contributed by atoms with Gasteiger partial charge < -0.3 is 26.6 Å². The lowest BCUT2D eigenvalue weighted by molar-refractivity contribution is -0.985. The second-order valence-electron chi connectivity index (χ2n) is 9.13. The molecule has 3 aromatic rings. The summed E-state index contributed by atoms with van der Waals surface area (Å²) in [6.07, 6.45) is 4.88. The minimum Gasteiger partial charge on any atom is -1.00 e. The van der Waals surface area contributed by atoms with Crippen LogP contribution >= 0.6 is 0 Å². The van der Waals surface area contributed by atoms with Gasteiger partial charge in [-0.15, -0.1) is 6.58 Å². The first-order valence-corrected chi connectivity index (χ1v) is 10.9. The number of aliphatic hydroxyl groups is 1. The minimum absolute atomic E-state index is 0. The number of quaternary nitrogens is 1. The SMILES string of the molecule is C=CC1C[N+]2(Cc3cc(F)ccc3F)CCC1CC2[C@H](O)c1ccnc2ccccc12.[Br-]. The zero-order valence-corrected chi connectivity index (χ0v) is 19.4. The summed E-state index contributed by atoms with van der Waals surface area (Å²) in [5.74, 6) is -0.0380. The van der Waals surface area contributed by atoms with Gasteiger partial charge in [-0.3, -0.25) is 4.98 Å². The van der Waals surface area contributed by atoms with Crippen LogP contribution < -0.4 is 17.0 Å². The van der Waals surface area contributed by atoms with Crippen LogP contribution in [0.4, 0.5) is 8.78 Å². The van der Waals surface area contributed by atoms with E-state index in [1.54, 1.807) is 6.20 Å². The highest BCUT2D eigenvalue weighted by Crippen LogP contribution is 2.48. The Kier molecular flexibility index (Phi) is 6.48. The van der Waals surface area contributed by atoms with Crippen molar-refractivity contribution >= 4 is 10.9 Å². The van der Waals surface area contributed by atoms with E-state index in [4.69, 9.17) is 0 Å². The van der Waals surface area contributed by atoms with Gasteiger partial charge in [-0.2, -0.15) is 0 Å². The Bertz CT molecular complexity index is 1130. The third-order valence-corrected chi connectivity index (χ3v) is 7.53. The van der Waals surface area contributed by atoms with Crippen LogP contribution in [0.1, 0.15) is 30.1 Å². The molecule has 3 nitrogen and oxygen atoms in total. The molecule has 2 bridgehead atoms. The molecule has 1 aromatic heterocycles. The average molecular weight is 501 g/mol. The maximum Gasteiger partial charge on any atom is 0.132 e. The van der Waals surface area contributed by atoms with E-state index in [1.807, 2.05) is 36.4 Å². The molecule has 0 radical (unpaired) electrons. The van der Waals surface area contributed by atoms with Gasteiger partial charge in [0.25, 0.3) is 0 Å². The predicted octanol–water partition coefficient (Wildman–Crippen LogP) is 2.16. The average Bonchev–Trinajstić information content (AvgIpc) is 2.80. The van der Waals surface area contributed by atoms with Gasteiger partial charge in [-0.25, -0.2) is 8.78 Å². The molecule has 3 aliphatic rings. The topological polar surface area (TPSA) is 33.1 Å². The fraction of sp³-hybridized carbons (Fsp3) is 0.346. The molecule has 0 spiro atoms. The lowest BCUT2D eigenvalue weighted by Crippen LogP contribution is -3.00. The van der Waals surface area contributed by atoms with Crippen molar-refractivity contribution in [1.29, 1.82) is 0 Å². The fourth-order valence-corrected chi connectivity index (χ4v) is 5.97. The molecule has 4 unspecified atom stereocenters. The highest BCUT2D eigenvalue weighted by molar-refractivity contribution is 5.82. The molecular weight excluding hydrogens is 474 g/mol. The summed E-state index contributed by atoms with van der Waals surface area (Å²) >= 11 is 0. The first kappa shape index (κ1) is 23.0. The lowest BCUT2D eigenvalue weighted by Gasteiger charge is -2.58. The molecule has 0 aliphatic carbocycles. The largest absolute Gasteiger partial charge is 1.00 e. The van der Waals surface area contributed by atoms with E-state index in [0.29, 0.717) is 28.4 Å². The van der Waals surface area contributed by atoms with Crippen LogP contribution in [-0.4, -0.2) is 33.7 Å². The number of para-hydroxylation sites is 1. The fourth-order valence-electron chi connectivity index (χ4n) is 5.97. The Hall–Kier alpha value is -2.15. The number of hydrogen-bond acceptors (Lipinski definition) is 2. The van der Waals surface area contributed by atoms with E-state index in [2.05, 4.69) is 11.6 Å². The Morgan fingerprint density at radius 3 is 2.81 bits per heavy atom. The number of piperidine rings is 3. The molecular formula is C26H27BrF2N2O. The minimum atomic E-state index is -0.710. The van der Waals surface area contributed by atoms with Crippen molar-refractivity contribution in [2.45, 2.75) is 31.5 Å². The van der Waals surface area contributed by atoms with Gasteiger partial charge >= 0.3 is 0 Å². The highest BCUT2D eigenvalue weighted by Gasteiger charge is 2.54. The maximum atomic E-state index is 14.6. The predicted molar refractivity (Wildman–Crippen MR) is 117 cm³/mol. The lowest BCUT2D eigenvalue weighted by atomic mass is 9.71. The standard InChI is InChI=1S/C26H27F2N2O.BrH/c1-2-17-15-30(16-19-13-20(27)7-8-23(19)28)12-10-18(17)14-25(30)26(31)22-9-11-29-24-6-4-3-5-21(22)24;/h2-9,11,13,17-18,25-26,31H,1,10,12,14-16H2;1H/q+1;/p-1/t17?,18?,25?,26-,30?;/m1./s1. The van der Waals surface area contributed by atoms with Gasteiger partial charge in [0.05, 0.1) is 18.6 Å². The number of hydrogen-bond donors (Lipinski definition) is 1. The summed E-state index contributed by atoms with van der Waals surface area (Å²) in [6, 6.07) is 13.3. The van der Waals surface area contributed by atoms with Crippen LogP contribution in [0, 0.1) is 23.5 Å². The third-order valence-electron chi connectivity index (χ3n) is 7.53. The van der Waals surface area contributed by atoms with Crippen molar-refractivity contribution in [3.63, 3.8) is 0 Å². The number of rotatable bonds is 5. The van der Waals surface area contributed by atoms with E-state index in [9.17, 15) is 13.9 Å². The molecule has 168 valence electrons. The normalized spacial score (nSPS) is 27.7. The molecule has 5 atom stereocenters. The summed E-state index contributed by atoms with van der Waals surface area (Å²) in [5, 5.41) is 12.6. The first-order valence-electron chi connectivity index (χ1n) is 10.9. The molecule has 3 fully saturated rings. The number of pyridine rings is 1. The van der Waals surface area contributed by atoms with Gasteiger partial charge in [0.2, 0.25) is 0 Å². The Morgan fingerprint density at radius 1 is 1.19 bits per heavy atom. The first-order chi connectivity index (χ1) is 15.0. The molecule has 0 amide bonds. The molecule has 1 N–H and O–H groups in total. The Labute approximate surface area is 197 Å². The Morgan fingerprint density at radius 2 is 2.00 bits per heavy atom. The van der Waals surface area contributed by atoms with E-state index in [1.165, 1.54) is 12.1 Å². The smallest absolute Gasteiger partial charge is 0.132 e.